The Labute approximate surface area is 125 Å². The van der Waals surface area contributed by atoms with Crippen LogP contribution in [0.5, 0.6) is 0 Å². The first kappa shape index (κ1) is 15.3. The van der Waals surface area contributed by atoms with E-state index in [4.69, 9.17) is 10.5 Å². The summed E-state index contributed by atoms with van der Waals surface area (Å²) in [5.41, 5.74) is 5.66. The standard InChI is InChI=1S/C14H23N5O2/c1-10-9-18(13(20)21-14(2,3)4)5-6-19(10)12-16-7-11(15)8-17-12/h7-8,10H,5-6,9,15H2,1-4H3. The van der Waals surface area contributed by atoms with Gasteiger partial charge in [-0.2, -0.15) is 0 Å². The number of anilines is 2. The van der Waals surface area contributed by atoms with E-state index >= 15 is 0 Å². The number of hydrogen-bond donors (Lipinski definition) is 1. The minimum Gasteiger partial charge on any atom is -0.444 e. The normalized spacial score (nSPS) is 19.5. The number of amides is 1. The van der Waals surface area contributed by atoms with Crippen LogP contribution in [0.2, 0.25) is 0 Å². The highest BCUT2D eigenvalue weighted by Gasteiger charge is 2.30. The Morgan fingerprint density at radius 3 is 2.48 bits per heavy atom. The molecule has 7 nitrogen and oxygen atoms in total. The molecule has 2 N–H and O–H groups in total. The van der Waals surface area contributed by atoms with Crippen molar-refractivity contribution in [3.05, 3.63) is 12.4 Å². The number of carbonyl (C=O) groups is 1. The van der Waals surface area contributed by atoms with Gasteiger partial charge in [-0.25, -0.2) is 14.8 Å². The molecule has 2 rings (SSSR count). The van der Waals surface area contributed by atoms with Crippen LogP contribution < -0.4 is 10.6 Å². The Kier molecular flexibility index (Phi) is 4.20. The number of aromatic nitrogens is 2. The topological polar surface area (TPSA) is 84.6 Å². The zero-order chi connectivity index (χ0) is 15.6. The summed E-state index contributed by atoms with van der Waals surface area (Å²) in [6.45, 7) is 9.49. The van der Waals surface area contributed by atoms with Crippen molar-refractivity contribution in [1.29, 1.82) is 0 Å². The molecule has 1 aliphatic rings. The average molecular weight is 293 g/mol. The van der Waals surface area contributed by atoms with Crippen molar-refractivity contribution in [2.24, 2.45) is 0 Å². The van der Waals surface area contributed by atoms with Gasteiger partial charge in [0.2, 0.25) is 5.95 Å². The second-order valence-electron chi connectivity index (χ2n) is 6.29. The highest BCUT2D eigenvalue weighted by molar-refractivity contribution is 5.68. The summed E-state index contributed by atoms with van der Waals surface area (Å²) in [6, 6.07) is 0.120. The molecule has 1 amide bonds. The van der Waals surface area contributed by atoms with Crippen LogP contribution in [-0.2, 0) is 4.74 Å². The quantitative estimate of drug-likeness (QED) is 0.844. The lowest BCUT2D eigenvalue weighted by Crippen LogP contribution is -2.55. The van der Waals surface area contributed by atoms with Crippen LogP contribution >= 0.6 is 0 Å². The highest BCUT2D eigenvalue weighted by Crippen LogP contribution is 2.18. The third-order valence-corrected chi connectivity index (χ3v) is 3.19. The van der Waals surface area contributed by atoms with E-state index in [2.05, 4.69) is 14.9 Å². The van der Waals surface area contributed by atoms with Gasteiger partial charge >= 0.3 is 6.09 Å². The molecular weight excluding hydrogens is 270 g/mol. The maximum absolute atomic E-state index is 12.1. The van der Waals surface area contributed by atoms with E-state index in [0.29, 0.717) is 31.3 Å². The lowest BCUT2D eigenvalue weighted by atomic mass is 10.2. The number of hydrogen-bond acceptors (Lipinski definition) is 6. The summed E-state index contributed by atoms with van der Waals surface area (Å²) < 4.78 is 5.40. The molecule has 0 radical (unpaired) electrons. The number of carbonyl (C=O) groups excluding carboxylic acids is 1. The van der Waals surface area contributed by atoms with Crippen LogP contribution in [-0.4, -0.2) is 52.2 Å². The van der Waals surface area contributed by atoms with Crippen molar-refractivity contribution >= 4 is 17.7 Å². The molecule has 2 heterocycles. The first-order chi connectivity index (χ1) is 9.76. The third-order valence-electron chi connectivity index (χ3n) is 3.19. The Hall–Kier alpha value is -2.05. The fourth-order valence-electron chi connectivity index (χ4n) is 2.23. The van der Waals surface area contributed by atoms with Crippen LogP contribution in [0.1, 0.15) is 27.7 Å². The first-order valence-corrected chi connectivity index (χ1v) is 7.08. The van der Waals surface area contributed by atoms with Crippen molar-refractivity contribution < 1.29 is 9.53 Å². The molecule has 0 aromatic carbocycles. The molecule has 0 bridgehead atoms. The summed E-state index contributed by atoms with van der Waals surface area (Å²) in [7, 11) is 0. The minimum atomic E-state index is -0.475. The molecule has 1 aromatic heterocycles. The Morgan fingerprint density at radius 2 is 1.95 bits per heavy atom. The van der Waals surface area contributed by atoms with E-state index in [-0.39, 0.29) is 12.1 Å². The summed E-state index contributed by atoms with van der Waals surface area (Å²) in [5, 5.41) is 0. The summed E-state index contributed by atoms with van der Waals surface area (Å²) in [4.78, 5) is 24.4. The molecule has 0 saturated carbocycles. The average Bonchev–Trinajstić information content (AvgIpc) is 2.38. The van der Waals surface area contributed by atoms with Gasteiger partial charge in [0.1, 0.15) is 5.60 Å². The lowest BCUT2D eigenvalue weighted by molar-refractivity contribution is 0.0218. The van der Waals surface area contributed by atoms with Gasteiger partial charge in [0.05, 0.1) is 18.1 Å². The fraction of sp³-hybridized carbons (Fsp3) is 0.643. The number of nitrogens with two attached hydrogens (primary N) is 1. The fourth-order valence-corrected chi connectivity index (χ4v) is 2.23. The maximum Gasteiger partial charge on any atom is 0.410 e. The number of ether oxygens (including phenoxy) is 1. The van der Waals surface area contributed by atoms with E-state index in [0.717, 1.165) is 0 Å². The van der Waals surface area contributed by atoms with Crippen molar-refractivity contribution in [2.75, 3.05) is 30.3 Å². The van der Waals surface area contributed by atoms with Crippen LogP contribution in [0.3, 0.4) is 0 Å². The largest absolute Gasteiger partial charge is 0.444 e. The van der Waals surface area contributed by atoms with Gasteiger partial charge in [-0.3, -0.25) is 0 Å². The molecule has 7 heteroatoms. The second kappa shape index (κ2) is 5.75. The molecule has 1 unspecified atom stereocenters. The van der Waals surface area contributed by atoms with Gasteiger partial charge in [0.15, 0.2) is 0 Å². The van der Waals surface area contributed by atoms with Gasteiger partial charge in [-0.15, -0.1) is 0 Å². The molecule has 1 aliphatic heterocycles. The molecule has 21 heavy (non-hydrogen) atoms. The predicted octanol–water partition coefficient (Wildman–Crippen LogP) is 1.50. The molecule has 1 aromatic rings. The zero-order valence-corrected chi connectivity index (χ0v) is 13.0. The molecule has 1 atom stereocenters. The van der Waals surface area contributed by atoms with Gasteiger partial charge in [0.25, 0.3) is 0 Å². The first-order valence-electron chi connectivity index (χ1n) is 7.08. The minimum absolute atomic E-state index is 0.120. The summed E-state index contributed by atoms with van der Waals surface area (Å²) in [6.07, 6.45) is 2.91. The van der Waals surface area contributed by atoms with Crippen LogP contribution in [0.15, 0.2) is 12.4 Å². The molecule has 1 saturated heterocycles. The maximum atomic E-state index is 12.1. The molecule has 0 aliphatic carbocycles. The smallest absolute Gasteiger partial charge is 0.410 e. The monoisotopic (exact) mass is 293 g/mol. The van der Waals surface area contributed by atoms with Gasteiger partial charge in [-0.05, 0) is 27.7 Å². The number of nitrogen functional groups attached to an aromatic ring is 1. The van der Waals surface area contributed by atoms with E-state index < -0.39 is 5.60 Å². The van der Waals surface area contributed by atoms with E-state index in [1.807, 2.05) is 27.7 Å². The summed E-state index contributed by atoms with van der Waals surface area (Å²) in [5.74, 6) is 0.639. The molecule has 0 spiro atoms. The van der Waals surface area contributed by atoms with Crippen molar-refractivity contribution in [2.45, 2.75) is 39.3 Å². The van der Waals surface area contributed by atoms with Gasteiger partial charge < -0.3 is 20.3 Å². The van der Waals surface area contributed by atoms with E-state index in [1.54, 1.807) is 17.3 Å². The van der Waals surface area contributed by atoms with Crippen LogP contribution in [0.4, 0.5) is 16.4 Å². The highest BCUT2D eigenvalue weighted by atomic mass is 16.6. The van der Waals surface area contributed by atoms with Crippen LogP contribution in [0.25, 0.3) is 0 Å². The van der Waals surface area contributed by atoms with Gasteiger partial charge in [0, 0.05) is 25.7 Å². The third kappa shape index (κ3) is 3.96. The SMILES string of the molecule is CC1CN(C(=O)OC(C)(C)C)CCN1c1ncc(N)cn1. The Bertz CT molecular complexity index is 497. The van der Waals surface area contributed by atoms with E-state index in [9.17, 15) is 4.79 Å². The lowest BCUT2D eigenvalue weighted by Gasteiger charge is -2.40. The van der Waals surface area contributed by atoms with Gasteiger partial charge in [-0.1, -0.05) is 0 Å². The van der Waals surface area contributed by atoms with E-state index in [1.165, 1.54) is 0 Å². The van der Waals surface area contributed by atoms with Crippen molar-refractivity contribution in [3.63, 3.8) is 0 Å². The molecule has 116 valence electrons. The predicted molar refractivity (Wildman–Crippen MR) is 81.1 cm³/mol. The van der Waals surface area contributed by atoms with Crippen molar-refractivity contribution in [3.8, 4) is 0 Å². The Morgan fingerprint density at radius 1 is 1.33 bits per heavy atom. The zero-order valence-electron chi connectivity index (χ0n) is 13.0. The summed E-state index contributed by atoms with van der Waals surface area (Å²) >= 11 is 0. The molecule has 1 fully saturated rings. The number of nitrogens with zero attached hydrogens (tertiary/aromatic N) is 4. The van der Waals surface area contributed by atoms with Crippen LogP contribution in [0, 0.1) is 0 Å². The Balaban J connectivity index is 1.99. The number of piperazine rings is 1. The molecular formula is C14H23N5O2. The van der Waals surface area contributed by atoms with Crippen molar-refractivity contribution in [1.82, 2.24) is 14.9 Å². The number of rotatable bonds is 1. The second-order valence-corrected chi connectivity index (χ2v) is 6.29.